The maximum Gasteiger partial charge on any atom is 0.416 e. The molecule has 0 spiro atoms. The minimum absolute atomic E-state index is 0.0316. The summed E-state index contributed by atoms with van der Waals surface area (Å²) in [5.74, 6) is 1.42. The van der Waals surface area contributed by atoms with E-state index in [9.17, 15) is 18.0 Å². The van der Waals surface area contributed by atoms with Crippen LogP contribution in [0.25, 0.3) is 16.7 Å². The summed E-state index contributed by atoms with van der Waals surface area (Å²) >= 11 is 0. The number of aromatic nitrogens is 4. The van der Waals surface area contributed by atoms with Crippen LogP contribution in [0.5, 0.6) is 0 Å². The zero-order valence-corrected chi connectivity index (χ0v) is 19.6. The fourth-order valence-electron chi connectivity index (χ4n) is 5.31. The van der Waals surface area contributed by atoms with Gasteiger partial charge >= 0.3 is 6.18 Å². The van der Waals surface area contributed by atoms with Gasteiger partial charge in [0.25, 0.3) is 0 Å². The predicted molar refractivity (Wildman–Crippen MR) is 128 cm³/mol. The molecule has 2 aromatic heterocycles. The van der Waals surface area contributed by atoms with E-state index in [1.807, 2.05) is 0 Å². The van der Waals surface area contributed by atoms with Gasteiger partial charge in [0.2, 0.25) is 11.9 Å². The second kappa shape index (κ2) is 8.32. The van der Waals surface area contributed by atoms with Gasteiger partial charge in [-0.1, -0.05) is 6.07 Å². The van der Waals surface area contributed by atoms with Crippen LogP contribution in [-0.2, 0) is 11.0 Å². The molecule has 0 radical (unpaired) electrons. The Kier molecular flexibility index (Phi) is 5.32. The number of nitrogens with one attached hydrogen (secondary N) is 2. The van der Waals surface area contributed by atoms with E-state index in [-0.39, 0.29) is 23.2 Å². The number of nitrogens with two attached hydrogens (primary N) is 1. The molecular weight excluding hydrogens is 473 g/mol. The lowest BCUT2D eigenvalue weighted by molar-refractivity contribution is -0.137. The van der Waals surface area contributed by atoms with Crippen molar-refractivity contribution in [2.24, 2.45) is 11.7 Å². The number of fused-ring (bicyclic) bond motifs is 1. The number of carbonyl (C=O) groups is 1. The van der Waals surface area contributed by atoms with Gasteiger partial charge in [0.15, 0.2) is 5.65 Å². The van der Waals surface area contributed by atoms with Gasteiger partial charge in [-0.15, -0.1) is 0 Å². The highest BCUT2D eigenvalue weighted by Gasteiger charge is 2.46. The van der Waals surface area contributed by atoms with Crippen molar-refractivity contribution in [3.63, 3.8) is 0 Å². The molecule has 2 saturated heterocycles. The number of rotatable bonds is 5. The van der Waals surface area contributed by atoms with Crippen molar-refractivity contribution < 1.29 is 18.0 Å². The van der Waals surface area contributed by atoms with Crippen LogP contribution in [0.1, 0.15) is 37.7 Å². The molecule has 0 unspecified atom stereocenters. The monoisotopic (exact) mass is 500 g/mol. The van der Waals surface area contributed by atoms with E-state index in [1.54, 1.807) is 12.3 Å². The van der Waals surface area contributed by atoms with Gasteiger partial charge < -0.3 is 21.3 Å². The van der Waals surface area contributed by atoms with Crippen molar-refractivity contribution in [2.75, 3.05) is 29.9 Å². The largest absolute Gasteiger partial charge is 0.416 e. The maximum absolute atomic E-state index is 13.4. The van der Waals surface area contributed by atoms with Crippen LogP contribution < -0.4 is 21.3 Å². The summed E-state index contributed by atoms with van der Waals surface area (Å²) < 4.78 is 41.5. The summed E-state index contributed by atoms with van der Waals surface area (Å²) in [5, 5.41) is 11.1. The molecule has 3 fully saturated rings. The second-order valence-electron chi connectivity index (χ2n) is 10.1. The maximum atomic E-state index is 13.4. The zero-order chi connectivity index (χ0) is 25.1. The fourth-order valence-corrected chi connectivity index (χ4v) is 5.31. The molecule has 0 bridgehead atoms. The highest BCUT2D eigenvalue weighted by atomic mass is 19.4. The van der Waals surface area contributed by atoms with Gasteiger partial charge in [-0.3, -0.25) is 4.79 Å². The molecular formula is C24H27F3N8O. The number of benzene rings is 1. The fraction of sp³-hybridized carbons (Fsp3) is 0.500. The Morgan fingerprint density at radius 3 is 2.61 bits per heavy atom. The van der Waals surface area contributed by atoms with Crippen molar-refractivity contribution >= 4 is 28.7 Å². The van der Waals surface area contributed by atoms with Crippen LogP contribution >= 0.6 is 0 Å². The van der Waals surface area contributed by atoms with Crippen LogP contribution in [0.15, 0.2) is 30.5 Å². The van der Waals surface area contributed by atoms with Crippen LogP contribution in [0.4, 0.5) is 24.9 Å². The van der Waals surface area contributed by atoms with Gasteiger partial charge in [-0.25, -0.2) is 4.68 Å². The number of piperidine rings is 1. The molecule has 190 valence electrons. The van der Waals surface area contributed by atoms with Crippen molar-refractivity contribution in [2.45, 2.75) is 49.9 Å². The smallest absolute Gasteiger partial charge is 0.356 e. The van der Waals surface area contributed by atoms with Crippen LogP contribution in [-0.4, -0.2) is 56.9 Å². The van der Waals surface area contributed by atoms with Gasteiger partial charge in [-0.2, -0.15) is 28.2 Å². The van der Waals surface area contributed by atoms with E-state index in [2.05, 4.69) is 25.6 Å². The molecule has 1 aliphatic carbocycles. The van der Waals surface area contributed by atoms with E-state index < -0.39 is 11.7 Å². The van der Waals surface area contributed by atoms with Gasteiger partial charge in [0.1, 0.15) is 5.82 Å². The number of halogens is 3. The molecule has 1 aromatic carbocycles. The Bertz CT molecular complexity index is 1310. The Hall–Kier alpha value is -3.41. The Morgan fingerprint density at radius 1 is 1.17 bits per heavy atom. The van der Waals surface area contributed by atoms with Crippen molar-refractivity contribution in [1.82, 2.24) is 25.1 Å². The highest BCUT2D eigenvalue weighted by Crippen LogP contribution is 2.45. The summed E-state index contributed by atoms with van der Waals surface area (Å²) in [4.78, 5) is 23.3. The average Bonchev–Trinajstić information content (AvgIpc) is 3.26. The van der Waals surface area contributed by atoms with E-state index in [0.29, 0.717) is 41.7 Å². The molecule has 3 aromatic rings. The van der Waals surface area contributed by atoms with Gasteiger partial charge in [-0.05, 0) is 49.8 Å². The lowest BCUT2D eigenvalue weighted by Gasteiger charge is -2.36. The number of carbonyl (C=O) groups excluding carboxylic acids is 1. The first-order chi connectivity index (χ1) is 17.2. The third kappa shape index (κ3) is 4.23. The molecule has 4 heterocycles. The number of anilines is 2. The summed E-state index contributed by atoms with van der Waals surface area (Å²) in [6.07, 6.45) is 1.48. The molecule has 1 amide bonds. The molecule has 1 atom stereocenters. The van der Waals surface area contributed by atoms with Crippen molar-refractivity contribution in [1.29, 1.82) is 0 Å². The summed E-state index contributed by atoms with van der Waals surface area (Å²) in [7, 11) is 0. The first-order valence-electron chi connectivity index (χ1n) is 12.2. The van der Waals surface area contributed by atoms with Crippen molar-refractivity contribution in [3.05, 3.63) is 36.0 Å². The quantitative estimate of drug-likeness (QED) is 0.494. The lowest BCUT2D eigenvalue weighted by Crippen LogP contribution is -2.42. The highest BCUT2D eigenvalue weighted by molar-refractivity contribution is 5.89. The standard InChI is InChI=1S/C24H27F3N8O/c25-24(26,27)15-2-1-3-17(10-15)35-21-18(13-30-35)20(32-22(33-21)31-16-11-19(36)29-12-16)34-8-4-14(5-9-34)23(28)6-7-23/h1-3,10,13-14,16H,4-9,11-12,28H2,(H,29,36)(H,31,32,33)/t16-/m0/s1. The molecule has 1 saturated carbocycles. The van der Waals surface area contributed by atoms with Crippen LogP contribution in [0.3, 0.4) is 0 Å². The minimum Gasteiger partial charge on any atom is -0.356 e. The van der Waals surface area contributed by atoms with Crippen LogP contribution in [0, 0.1) is 5.92 Å². The lowest BCUT2D eigenvalue weighted by atomic mass is 9.88. The molecule has 3 aliphatic rings. The van der Waals surface area contributed by atoms with Crippen molar-refractivity contribution in [3.8, 4) is 5.69 Å². The predicted octanol–water partition coefficient (Wildman–Crippen LogP) is 2.84. The number of alkyl halides is 3. The first kappa shape index (κ1) is 23.0. The van der Waals surface area contributed by atoms with Gasteiger partial charge in [0.05, 0.1) is 28.9 Å². The number of amides is 1. The molecule has 36 heavy (non-hydrogen) atoms. The van der Waals surface area contributed by atoms with E-state index in [0.717, 1.165) is 50.9 Å². The molecule has 9 nitrogen and oxygen atoms in total. The number of hydrogen-bond acceptors (Lipinski definition) is 7. The topological polar surface area (TPSA) is 114 Å². The van der Waals surface area contributed by atoms with Gasteiger partial charge in [0, 0.05) is 31.6 Å². The third-order valence-corrected chi connectivity index (χ3v) is 7.57. The van der Waals surface area contributed by atoms with E-state index in [1.165, 1.54) is 10.7 Å². The third-order valence-electron chi connectivity index (χ3n) is 7.57. The minimum atomic E-state index is -4.47. The zero-order valence-electron chi connectivity index (χ0n) is 19.6. The van der Waals surface area contributed by atoms with Crippen LogP contribution in [0.2, 0.25) is 0 Å². The second-order valence-corrected chi connectivity index (χ2v) is 10.1. The van der Waals surface area contributed by atoms with E-state index in [4.69, 9.17) is 10.7 Å². The SMILES string of the molecule is NC1(C2CCN(c3nc(N[C@@H]4CNC(=O)C4)nc4c3cnn4-c3cccc(C(F)(F)F)c3)CC2)CC1. The Balaban J connectivity index is 1.38. The first-order valence-corrected chi connectivity index (χ1v) is 12.2. The Morgan fingerprint density at radius 2 is 1.94 bits per heavy atom. The number of hydrogen-bond donors (Lipinski definition) is 3. The normalized spacial score (nSPS) is 22.2. The average molecular weight is 501 g/mol. The molecule has 2 aliphatic heterocycles. The summed E-state index contributed by atoms with van der Waals surface area (Å²) in [6, 6.07) is 4.83. The summed E-state index contributed by atoms with van der Waals surface area (Å²) in [5.41, 5.74) is 6.32. The molecule has 4 N–H and O–H groups in total. The summed E-state index contributed by atoms with van der Waals surface area (Å²) in [6.45, 7) is 1.99. The molecule has 12 heteroatoms. The number of nitrogens with zero attached hydrogens (tertiary/aromatic N) is 5. The Labute approximate surface area is 205 Å². The molecule has 6 rings (SSSR count). The van der Waals surface area contributed by atoms with E-state index >= 15 is 0 Å².